The largest absolute Gasteiger partial charge is 0.393 e. The number of nitrogens with one attached hydrogen (secondary N) is 1. The topological polar surface area (TPSA) is 53.8 Å². The van der Waals surface area contributed by atoms with Gasteiger partial charge in [0.1, 0.15) is 5.82 Å². The van der Waals surface area contributed by atoms with E-state index in [0.29, 0.717) is 11.2 Å². The smallest absolute Gasteiger partial charge is 0.199 e. The molecule has 5 heteroatoms. The summed E-state index contributed by atoms with van der Waals surface area (Å²) >= 11 is 5.35. The van der Waals surface area contributed by atoms with Crippen molar-refractivity contribution in [3.8, 4) is 5.69 Å². The fourth-order valence-corrected chi connectivity index (χ4v) is 2.77. The van der Waals surface area contributed by atoms with Crippen LogP contribution >= 0.6 is 12.2 Å². The van der Waals surface area contributed by atoms with Crippen LogP contribution in [0.25, 0.3) is 5.69 Å². The number of para-hydroxylation sites is 1. The third-order valence-corrected chi connectivity index (χ3v) is 3.61. The number of rotatable bonds is 6. The first kappa shape index (κ1) is 14.9. The van der Waals surface area contributed by atoms with Crippen molar-refractivity contribution in [3.05, 3.63) is 40.9 Å². The molecule has 0 amide bonds. The number of hydrogen-bond acceptors (Lipinski definition) is 3. The van der Waals surface area contributed by atoms with Gasteiger partial charge in [-0.15, -0.1) is 0 Å². The Balaban J connectivity index is 2.44. The van der Waals surface area contributed by atoms with Gasteiger partial charge in [-0.2, -0.15) is 5.10 Å². The van der Waals surface area contributed by atoms with Gasteiger partial charge in [-0.25, -0.2) is 0 Å². The van der Waals surface area contributed by atoms with Crippen molar-refractivity contribution in [2.75, 3.05) is 0 Å². The van der Waals surface area contributed by atoms with Crippen molar-refractivity contribution >= 4 is 12.2 Å². The van der Waals surface area contributed by atoms with Crippen LogP contribution < -0.4 is 0 Å². The molecule has 2 atom stereocenters. The Hall–Kier alpha value is -1.46. The number of aliphatic hydroxyl groups excluding tert-OH is 1. The van der Waals surface area contributed by atoms with E-state index >= 15 is 0 Å². The number of aliphatic hydroxyl groups is 1. The molecule has 0 bridgehead atoms. The van der Waals surface area contributed by atoms with E-state index < -0.39 is 0 Å². The lowest BCUT2D eigenvalue weighted by molar-refractivity contribution is 0.170. The van der Waals surface area contributed by atoms with Gasteiger partial charge in [0, 0.05) is 11.6 Å². The van der Waals surface area contributed by atoms with Crippen molar-refractivity contribution in [2.24, 2.45) is 0 Å². The molecule has 0 aliphatic rings. The highest BCUT2D eigenvalue weighted by Crippen LogP contribution is 2.27. The Morgan fingerprint density at radius 1 is 1.35 bits per heavy atom. The van der Waals surface area contributed by atoms with Gasteiger partial charge in [0.15, 0.2) is 4.77 Å². The van der Waals surface area contributed by atoms with Crippen molar-refractivity contribution in [2.45, 2.75) is 45.1 Å². The molecule has 0 aliphatic heterocycles. The number of H-pyrrole nitrogens is 1. The number of hydrogen-bond donors (Lipinski definition) is 2. The average Bonchev–Trinajstić information content (AvgIpc) is 2.80. The molecule has 20 heavy (non-hydrogen) atoms. The molecule has 2 unspecified atom stereocenters. The normalized spacial score (nSPS) is 14.2. The second kappa shape index (κ2) is 6.81. The highest BCUT2D eigenvalue weighted by atomic mass is 32.1. The first-order valence-corrected chi connectivity index (χ1v) is 7.45. The molecular weight excluding hydrogens is 270 g/mol. The summed E-state index contributed by atoms with van der Waals surface area (Å²) in [5.74, 6) is 1.11. The summed E-state index contributed by atoms with van der Waals surface area (Å²) in [7, 11) is 0. The second-order valence-electron chi connectivity index (χ2n) is 5.13. The summed E-state index contributed by atoms with van der Waals surface area (Å²) in [6.07, 6.45) is 2.38. The van der Waals surface area contributed by atoms with E-state index in [2.05, 4.69) is 17.1 Å². The van der Waals surface area contributed by atoms with E-state index in [1.54, 1.807) is 0 Å². The second-order valence-corrected chi connectivity index (χ2v) is 5.51. The molecule has 4 nitrogen and oxygen atoms in total. The number of aromatic amines is 1. The van der Waals surface area contributed by atoms with Gasteiger partial charge in [0.25, 0.3) is 0 Å². The van der Waals surface area contributed by atoms with Crippen LogP contribution in [0, 0.1) is 4.77 Å². The molecule has 2 rings (SSSR count). The molecule has 0 saturated carbocycles. The molecular formula is C15H21N3OS. The monoisotopic (exact) mass is 291 g/mol. The predicted octanol–water partition coefficient (Wildman–Crippen LogP) is 3.58. The zero-order valence-corrected chi connectivity index (χ0v) is 12.7. The van der Waals surface area contributed by atoms with Gasteiger partial charge >= 0.3 is 0 Å². The van der Waals surface area contributed by atoms with Crippen molar-refractivity contribution < 1.29 is 5.11 Å². The average molecular weight is 291 g/mol. The van der Waals surface area contributed by atoms with Crippen LogP contribution in [0.4, 0.5) is 0 Å². The van der Waals surface area contributed by atoms with Crippen LogP contribution in [0.1, 0.15) is 44.9 Å². The van der Waals surface area contributed by atoms with Crippen molar-refractivity contribution in [1.82, 2.24) is 14.8 Å². The van der Waals surface area contributed by atoms with E-state index in [1.807, 2.05) is 41.8 Å². The Morgan fingerprint density at radius 3 is 2.65 bits per heavy atom. The van der Waals surface area contributed by atoms with E-state index in [9.17, 15) is 5.11 Å². The molecule has 1 heterocycles. The maximum Gasteiger partial charge on any atom is 0.199 e. The van der Waals surface area contributed by atoms with Crippen LogP contribution in [0.3, 0.4) is 0 Å². The molecule has 0 fully saturated rings. The minimum Gasteiger partial charge on any atom is -0.393 e. The Labute approximate surface area is 124 Å². The lowest BCUT2D eigenvalue weighted by Crippen LogP contribution is -2.13. The Morgan fingerprint density at radius 2 is 2.05 bits per heavy atom. The maximum atomic E-state index is 9.71. The van der Waals surface area contributed by atoms with Gasteiger partial charge in [0.05, 0.1) is 6.10 Å². The lowest BCUT2D eigenvalue weighted by atomic mass is 9.96. The summed E-state index contributed by atoms with van der Waals surface area (Å²) in [4.78, 5) is 0. The van der Waals surface area contributed by atoms with Gasteiger partial charge in [0.2, 0.25) is 0 Å². The standard InChI is InChI=1S/C15H21N3OS/c1-3-7-12(10-11(2)19)14-16-17-15(20)18(14)13-8-5-4-6-9-13/h4-6,8-9,11-12,19H,3,7,10H2,1-2H3,(H,17,20). The van der Waals surface area contributed by atoms with Crippen molar-refractivity contribution in [3.63, 3.8) is 0 Å². The fourth-order valence-electron chi connectivity index (χ4n) is 2.52. The first-order valence-electron chi connectivity index (χ1n) is 7.04. The van der Waals surface area contributed by atoms with E-state index in [1.165, 1.54) is 0 Å². The van der Waals surface area contributed by atoms with Gasteiger partial charge in [-0.1, -0.05) is 31.5 Å². The molecule has 0 spiro atoms. The molecule has 1 aromatic carbocycles. The van der Waals surface area contributed by atoms with Crippen LogP contribution in [-0.4, -0.2) is 26.0 Å². The van der Waals surface area contributed by atoms with E-state index in [4.69, 9.17) is 12.2 Å². The zero-order chi connectivity index (χ0) is 14.5. The third-order valence-electron chi connectivity index (χ3n) is 3.34. The highest BCUT2D eigenvalue weighted by molar-refractivity contribution is 7.71. The quantitative estimate of drug-likeness (QED) is 0.800. The molecule has 1 aromatic heterocycles. The SMILES string of the molecule is CCCC(CC(C)O)c1n[nH]c(=S)n1-c1ccccc1. The summed E-state index contributed by atoms with van der Waals surface area (Å²) in [6.45, 7) is 3.96. The summed E-state index contributed by atoms with van der Waals surface area (Å²) in [5, 5.41) is 17.0. The molecule has 108 valence electrons. The number of nitrogens with zero attached hydrogens (tertiary/aromatic N) is 2. The summed E-state index contributed by atoms with van der Waals surface area (Å²) in [6, 6.07) is 9.97. The Kier molecular flexibility index (Phi) is 5.09. The lowest BCUT2D eigenvalue weighted by Gasteiger charge is -2.18. The highest BCUT2D eigenvalue weighted by Gasteiger charge is 2.20. The van der Waals surface area contributed by atoms with E-state index in [-0.39, 0.29) is 12.0 Å². The summed E-state index contributed by atoms with van der Waals surface area (Å²) < 4.78 is 2.57. The predicted molar refractivity (Wildman–Crippen MR) is 82.7 cm³/mol. The van der Waals surface area contributed by atoms with Crippen LogP contribution in [0.15, 0.2) is 30.3 Å². The van der Waals surface area contributed by atoms with Crippen LogP contribution in [0.2, 0.25) is 0 Å². The number of benzene rings is 1. The maximum absolute atomic E-state index is 9.71. The minimum absolute atomic E-state index is 0.202. The molecule has 0 radical (unpaired) electrons. The zero-order valence-electron chi connectivity index (χ0n) is 11.9. The fraction of sp³-hybridized carbons (Fsp3) is 0.467. The number of aromatic nitrogens is 3. The Bertz CT molecular complexity index is 589. The van der Waals surface area contributed by atoms with E-state index in [0.717, 1.165) is 24.4 Å². The third kappa shape index (κ3) is 3.35. The minimum atomic E-state index is -0.346. The van der Waals surface area contributed by atoms with Crippen molar-refractivity contribution in [1.29, 1.82) is 0 Å². The van der Waals surface area contributed by atoms with Gasteiger partial charge < -0.3 is 5.11 Å². The summed E-state index contributed by atoms with van der Waals surface area (Å²) in [5.41, 5.74) is 1.01. The molecule has 0 aliphatic carbocycles. The molecule has 2 N–H and O–H groups in total. The van der Waals surface area contributed by atoms with Gasteiger partial charge in [-0.3, -0.25) is 9.67 Å². The first-order chi connectivity index (χ1) is 9.63. The molecule has 2 aromatic rings. The van der Waals surface area contributed by atoms with Crippen LogP contribution in [0.5, 0.6) is 0 Å². The van der Waals surface area contributed by atoms with Crippen LogP contribution in [-0.2, 0) is 0 Å². The van der Waals surface area contributed by atoms with Gasteiger partial charge in [-0.05, 0) is 44.1 Å². The molecule has 0 saturated heterocycles.